The quantitative estimate of drug-likeness (QED) is 0.0211. The number of quaternary nitrogens is 1. The monoisotopic (exact) mass is 1340 g/mol. The van der Waals surface area contributed by atoms with Gasteiger partial charge >= 0.3 is 19.8 Å². The zero-order valence-electron chi connectivity index (χ0n) is 62.4. The maximum absolute atomic E-state index is 12.9. The molecule has 1 N–H and O–H groups in total. The number of nitrogens with zero attached hydrogens (tertiary/aromatic N) is 1. The largest absolute Gasteiger partial charge is 0.472 e. The van der Waals surface area contributed by atoms with E-state index in [1.165, 1.54) is 263 Å². The van der Waals surface area contributed by atoms with Crippen LogP contribution in [-0.2, 0) is 32.7 Å². The minimum absolute atomic E-state index is 0.0315. The number of hydrogen-bond acceptors (Lipinski definition) is 7. The number of carbonyl (C=O) groups excluding carboxylic acids is 2. The Hall–Kier alpha value is -3.07. The maximum atomic E-state index is 12.9. The molecule has 0 bridgehead atoms. The topological polar surface area (TPSA) is 108 Å². The van der Waals surface area contributed by atoms with Crippen LogP contribution in [0.4, 0.5) is 0 Å². The summed E-state index contributed by atoms with van der Waals surface area (Å²) in [4.78, 5) is 36.0. The number of ether oxygens (including phenoxy) is 2. The van der Waals surface area contributed by atoms with E-state index in [-0.39, 0.29) is 32.0 Å². The molecule has 0 spiro atoms. The van der Waals surface area contributed by atoms with Gasteiger partial charge in [-0.2, -0.15) is 0 Å². The van der Waals surface area contributed by atoms with E-state index in [9.17, 15) is 19.0 Å². The summed E-state index contributed by atoms with van der Waals surface area (Å²) in [6.07, 6.45) is 104. The highest BCUT2D eigenvalue weighted by atomic mass is 31.2. The second kappa shape index (κ2) is 74.2. The molecule has 546 valence electrons. The standard InChI is InChI=1S/C84H152NO8P/c1-6-8-10-12-14-16-18-20-22-24-26-28-30-32-34-36-37-38-39-40-41-42-43-44-45-46-47-49-51-53-55-57-59-61-63-65-67-69-71-73-75-77-84(87)93-82(81-92-94(88,89)91-79-78-85(3,4)5)80-90-83(86)76-74-72-70-68-66-64-62-60-58-56-54-52-50-48-35-33-31-29-27-25-23-21-19-17-15-13-11-9-7-2/h8,10,14,16,19-22,25-28,31-34,82H,6-7,9,11-13,15,17-18,23-24,29-30,35-81H2,1-5H3/p+1/b10-8-,16-14-,21-19-,22-20-,27-25-,28-26-,33-31-,34-32-. The van der Waals surface area contributed by atoms with Gasteiger partial charge in [-0.15, -0.1) is 0 Å². The Labute approximate surface area is 583 Å². The highest BCUT2D eigenvalue weighted by Crippen LogP contribution is 2.43. The summed E-state index contributed by atoms with van der Waals surface area (Å²) >= 11 is 0. The summed E-state index contributed by atoms with van der Waals surface area (Å²) in [5.74, 6) is -0.782. The number of phosphoric ester groups is 1. The van der Waals surface area contributed by atoms with Crippen molar-refractivity contribution in [2.75, 3.05) is 47.5 Å². The molecule has 0 amide bonds. The van der Waals surface area contributed by atoms with Crippen molar-refractivity contribution in [2.24, 2.45) is 0 Å². The van der Waals surface area contributed by atoms with Gasteiger partial charge in [0.2, 0.25) is 0 Å². The molecule has 0 fully saturated rings. The molecule has 0 saturated carbocycles. The van der Waals surface area contributed by atoms with Crippen LogP contribution in [0.25, 0.3) is 0 Å². The summed E-state index contributed by atoms with van der Waals surface area (Å²) in [7, 11) is 1.49. The first-order chi connectivity index (χ1) is 46.0. The van der Waals surface area contributed by atoms with Gasteiger partial charge in [-0.1, -0.05) is 361 Å². The fraction of sp³-hybridized carbons (Fsp3) is 0.786. The Bertz CT molecular complexity index is 1910. The number of allylic oxidation sites excluding steroid dienone is 16. The Morgan fingerprint density at radius 2 is 0.606 bits per heavy atom. The van der Waals surface area contributed by atoms with Gasteiger partial charge in [0.05, 0.1) is 27.7 Å². The van der Waals surface area contributed by atoms with Crippen LogP contribution >= 0.6 is 7.82 Å². The fourth-order valence-electron chi connectivity index (χ4n) is 11.5. The lowest BCUT2D eigenvalue weighted by Gasteiger charge is -2.24. The summed E-state index contributed by atoms with van der Waals surface area (Å²) in [5, 5.41) is 0. The lowest BCUT2D eigenvalue weighted by atomic mass is 10.0. The molecule has 10 heteroatoms. The first kappa shape index (κ1) is 90.9. The number of carbonyl (C=O) groups is 2. The van der Waals surface area contributed by atoms with E-state index in [1.807, 2.05) is 21.1 Å². The highest BCUT2D eigenvalue weighted by Gasteiger charge is 2.27. The third-order valence-electron chi connectivity index (χ3n) is 17.6. The molecule has 9 nitrogen and oxygen atoms in total. The second-order valence-electron chi connectivity index (χ2n) is 28.1. The third-order valence-corrected chi connectivity index (χ3v) is 18.6. The Morgan fingerprint density at radius 1 is 0.340 bits per heavy atom. The van der Waals surface area contributed by atoms with Gasteiger partial charge in [-0.25, -0.2) is 4.57 Å². The van der Waals surface area contributed by atoms with Crippen molar-refractivity contribution in [1.29, 1.82) is 0 Å². The molecule has 0 aromatic heterocycles. The first-order valence-electron chi connectivity index (χ1n) is 40.0. The van der Waals surface area contributed by atoms with E-state index in [2.05, 4.69) is 111 Å². The average molecular weight is 1340 g/mol. The molecule has 94 heavy (non-hydrogen) atoms. The van der Waals surface area contributed by atoms with Crippen molar-refractivity contribution in [3.63, 3.8) is 0 Å². The third kappa shape index (κ3) is 77.9. The molecule has 0 rings (SSSR count). The van der Waals surface area contributed by atoms with E-state index in [0.29, 0.717) is 17.4 Å². The number of phosphoric acid groups is 1. The molecular formula is C84H153NO8P+. The van der Waals surface area contributed by atoms with E-state index < -0.39 is 26.5 Å². The summed E-state index contributed by atoms with van der Waals surface area (Å²) in [6.45, 7) is 4.36. The summed E-state index contributed by atoms with van der Waals surface area (Å²) in [6, 6.07) is 0. The van der Waals surface area contributed by atoms with Crippen LogP contribution in [0.2, 0.25) is 0 Å². The SMILES string of the molecule is CC/C=C\C/C=C\C/C=C\C/C=C\C/C=C\CCCCCCCCCCCCCCCCCCCCCCCCCCCC(=O)OC(COC(=O)CCCCCCCCCCCCCCCC/C=C\C/C=C\C/C=C\CCCCCCC)COP(=O)(O)OCC[N+](C)(C)C. The molecule has 0 saturated heterocycles. The Kier molecular flexibility index (Phi) is 71.7. The van der Waals surface area contributed by atoms with E-state index in [0.717, 1.165) is 77.0 Å². The predicted octanol–water partition coefficient (Wildman–Crippen LogP) is 26.6. The molecule has 0 aliphatic carbocycles. The van der Waals surface area contributed by atoms with Crippen molar-refractivity contribution >= 4 is 19.8 Å². The number of rotatable bonds is 74. The van der Waals surface area contributed by atoms with Crippen LogP contribution in [0, 0.1) is 0 Å². The number of likely N-dealkylation sites (N-methyl/N-ethyl adjacent to an activating group) is 1. The number of hydrogen-bond donors (Lipinski definition) is 1. The molecule has 0 aromatic carbocycles. The molecule has 0 aromatic rings. The van der Waals surface area contributed by atoms with Gasteiger partial charge in [0, 0.05) is 12.8 Å². The van der Waals surface area contributed by atoms with E-state index >= 15 is 0 Å². The highest BCUT2D eigenvalue weighted by molar-refractivity contribution is 7.47. The minimum Gasteiger partial charge on any atom is -0.462 e. The Morgan fingerprint density at radius 3 is 0.904 bits per heavy atom. The summed E-state index contributed by atoms with van der Waals surface area (Å²) in [5.41, 5.74) is 0. The van der Waals surface area contributed by atoms with Crippen LogP contribution in [0.5, 0.6) is 0 Å². The maximum Gasteiger partial charge on any atom is 0.472 e. The van der Waals surface area contributed by atoms with E-state index in [4.69, 9.17) is 18.5 Å². The normalized spacial score (nSPS) is 13.6. The molecule has 2 atom stereocenters. The van der Waals surface area contributed by atoms with Gasteiger partial charge in [0.15, 0.2) is 6.10 Å². The fourth-order valence-corrected chi connectivity index (χ4v) is 12.3. The molecule has 0 aliphatic heterocycles. The predicted molar refractivity (Wildman–Crippen MR) is 408 cm³/mol. The van der Waals surface area contributed by atoms with Crippen molar-refractivity contribution in [3.8, 4) is 0 Å². The van der Waals surface area contributed by atoms with Crippen molar-refractivity contribution in [3.05, 3.63) is 97.2 Å². The number of unbranched alkanes of at least 4 members (excludes halogenated alkanes) is 44. The van der Waals surface area contributed by atoms with Crippen LogP contribution in [0.1, 0.15) is 373 Å². The average Bonchev–Trinajstić information content (AvgIpc) is 1.57. The zero-order valence-corrected chi connectivity index (χ0v) is 63.3. The van der Waals surface area contributed by atoms with E-state index in [1.54, 1.807) is 0 Å². The number of esters is 2. The van der Waals surface area contributed by atoms with Crippen LogP contribution in [0.15, 0.2) is 97.2 Å². The second-order valence-corrected chi connectivity index (χ2v) is 29.5. The lowest BCUT2D eigenvalue weighted by Crippen LogP contribution is -2.37. The molecule has 0 radical (unpaired) electrons. The van der Waals surface area contributed by atoms with Crippen LogP contribution < -0.4 is 0 Å². The van der Waals surface area contributed by atoms with Gasteiger partial charge in [0.1, 0.15) is 19.8 Å². The van der Waals surface area contributed by atoms with Crippen LogP contribution in [0.3, 0.4) is 0 Å². The van der Waals surface area contributed by atoms with Crippen LogP contribution in [-0.4, -0.2) is 74.9 Å². The zero-order chi connectivity index (χ0) is 68.3. The molecule has 2 unspecified atom stereocenters. The lowest BCUT2D eigenvalue weighted by molar-refractivity contribution is -0.870. The molecular weight excluding hydrogens is 1180 g/mol. The van der Waals surface area contributed by atoms with Crippen molar-refractivity contribution in [1.82, 2.24) is 0 Å². The first-order valence-corrected chi connectivity index (χ1v) is 41.5. The summed E-state index contributed by atoms with van der Waals surface area (Å²) < 4.78 is 34.8. The molecule has 0 heterocycles. The van der Waals surface area contributed by atoms with Gasteiger partial charge in [-0.3, -0.25) is 18.6 Å². The Balaban J connectivity index is 3.92. The molecule has 0 aliphatic rings. The van der Waals surface area contributed by atoms with Gasteiger partial charge in [0.25, 0.3) is 0 Å². The van der Waals surface area contributed by atoms with Crippen molar-refractivity contribution < 1.29 is 42.1 Å². The van der Waals surface area contributed by atoms with Crippen molar-refractivity contribution in [2.45, 2.75) is 380 Å². The van der Waals surface area contributed by atoms with Gasteiger partial charge < -0.3 is 18.9 Å². The smallest absolute Gasteiger partial charge is 0.462 e. The minimum atomic E-state index is -4.40. The van der Waals surface area contributed by atoms with Gasteiger partial charge in [-0.05, 0) is 96.3 Å².